The van der Waals surface area contributed by atoms with Crippen molar-refractivity contribution in [1.29, 1.82) is 0 Å². The number of benzene rings is 1. The third-order valence-corrected chi connectivity index (χ3v) is 6.92. The Morgan fingerprint density at radius 3 is 2.91 bits per heavy atom. The van der Waals surface area contributed by atoms with Crippen molar-refractivity contribution < 1.29 is 4.74 Å². The summed E-state index contributed by atoms with van der Waals surface area (Å²) in [5, 5.41) is 0. The van der Waals surface area contributed by atoms with Crippen LogP contribution in [0.1, 0.15) is 30.2 Å². The molecule has 0 N–H and O–H groups in total. The fourth-order valence-electron chi connectivity index (χ4n) is 4.09. The van der Waals surface area contributed by atoms with Crippen LogP contribution in [0.4, 0.5) is 0 Å². The molecule has 1 aliphatic carbocycles. The summed E-state index contributed by atoms with van der Waals surface area (Å²) in [6.07, 6.45) is 17.0. The van der Waals surface area contributed by atoms with E-state index in [0.717, 1.165) is 42.0 Å². The van der Waals surface area contributed by atoms with Crippen LogP contribution in [0.15, 0.2) is 102 Å². The lowest BCUT2D eigenvalue weighted by Gasteiger charge is -2.30. The van der Waals surface area contributed by atoms with Crippen LogP contribution in [-0.2, 0) is 17.8 Å². The van der Waals surface area contributed by atoms with Gasteiger partial charge in [0.05, 0.1) is 12.3 Å². The van der Waals surface area contributed by atoms with Gasteiger partial charge in [-0.2, -0.15) is 0 Å². The average molecular weight is 457 g/mol. The largest absolute Gasteiger partial charge is 0.360 e. The molecule has 4 heteroatoms. The molecule has 170 valence electrons. The Morgan fingerprint density at radius 1 is 1.15 bits per heavy atom. The molecule has 3 nitrogen and oxygen atoms in total. The third-order valence-electron chi connectivity index (χ3n) is 5.86. The number of allylic oxidation sites excluding steroid dienone is 5. The predicted octanol–water partition coefficient (Wildman–Crippen LogP) is 6.58. The summed E-state index contributed by atoms with van der Waals surface area (Å²) >= 11 is 1.85. The van der Waals surface area contributed by atoms with E-state index in [4.69, 9.17) is 4.74 Å². The molecule has 0 amide bonds. The quantitative estimate of drug-likeness (QED) is 0.490. The molecule has 2 heterocycles. The van der Waals surface area contributed by atoms with Gasteiger partial charge in [-0.1, -0.05) is 73.4 Å². The second-order valence-corrected chi connectivity index (χ2v) is 9.56. The normalized spacial score (nSPS) is 19.7. The number of aromatic nitrogens is 1. The minimum Gasteiger partial charge on any atom is -0.360 e. The number of pyridine rings is 1. The first-order chi connectivity index (χ1) is 16.2. The van der Waals surface area contributed by atoms with E-state index in [1.807, 2.05) is 24.0 Å². The summed E-state index contributed by atoms with van der Waals surface area (Å²) in [5.41, 5.74) is 5.82. The number of hydrogen-bond acceptors (Lipinski definition) is 4. The van der Waals surface area contributed by atoms with Crippen LogP contribution in [0.2, 0.25) is 0 Å². The lowest BCUT2D eigenvalue weighted by molar-refractivity contribution is 0.00366. The number of ether oxygens (including phenoxy) is 1. The molecule has 0 fully saturated rings. The van der Waals surface area contributed by atoms with E-state index < -0.39 is 0 Å². The Hall–Kier alpha value is -2.66. The van der Waals surface area contributed by atoms with Gasteiger partial charge in [0.2, 0.25) is 0 Å². The molecule has 0 spiro atoms. The first-order valence-electron chi connectivity index (χ1n) is 11.5. The smallest absolute Gasteiger partial charge is 0.100 e. The van der Waals surface area contributed by atoms with Crippen molar-refractivity contribution in [3.8, 4) is 0 Å². The van der Waals surface area contributed by atoms with Crippen LogP contribution in [0.5, 0.6) is 0 Å². The van der Waals surface area contributed by atoms with Crippen LogP contribution in [0, 0.1) is 0 Å². The highest BCUT2D eigenvalue weighted by Crippen LogP contribution is 2.30. The maximum atomic E-state index is 6.17. The van der Waals surface area contributed by atoms with Crippen molar-refractivity contribution in [3.05, 3.63) is 119 Å². The zero-order valence-corrected chi connectivity index (χ0v) is 20.1. The van der Waals surface area contributed by atoms with Crippen LogP contribution in [0.3, 0.4) is 0 Å². The summed E-state index contributed by atoms with van der Waals surface area (Å²) < 4.78 is 6.17. The minimum atomic E-state index is 0.339. The standard InChI is InChI=1S/C29H32N2OS/c1-23-17-26(21-33-27-13-8-3-4-9-14-27)28-15-10-16-30-29(28)20-32-22-31(19-23)24(2)18-25-11-6-5-7-12-25/h3,5-17,24H,1,4,18-22H2,2H3/b26-17-. The van der Waals surface area contributed by atoms with Gasteiger partial charge < -0.3 is 4.74 Å². The topological polar surface area (TPSA) is 25.4 Å². The molecule has 33 heavy (non-hydrogen) atoms. The molecule has 1 atom stereocenters. The van der Waals surface area contributed by atoms with E-state index in [1.54, 1.807) is 0 Å². The first kappa shape index (κ1) is 23.5. The lowest BCUT2D eigenvalue weighted by atomic mass is 10.0. The summed E-state index contributed by atoms with van der Waals surface area (Å²) in [6.45, 7) is 8.53. The van der Waals surface area contributed by atoms with Gasteiger partial charge in [-0.05, 0) is 48.6 Å². The number of thioether (sulfide) groups is 1. The molecule has 2 aromatic rings. The highest BCUT2D eigenvalue weighted by Gasteiger charge is 2.19. The van der Waals surface area contributed by atoms with Crippen molar-refractivity contribution in [3.63, 3.8) is 0 Å². The van der Waals surface area contributed by atoms with E-state index in [1.165, 1.54) is 16.0 Å². The number of nitrogens with zero attached hydrogens (tertiary/aromatic N) is 2. The van der Waals surface area contributed by atoms with Crippen molar-refractivity contribution in [2.45, 2.75) is 32.4 Å². The molecule has 0 bridgehead atoms. The van der Waals surface area contributed by atoms with E-state index in [9.17, 15) is 0 Å². The highest BCUT2D eigenvalue weighted by molar-refractivity contribution is 8.03. The molecule has 1 aliphatic heterocycles. The molecule has 0 saturated carbocycles. The van der Waals surface area contributed by atoms with Gasteiger partial charge in [-0.15, -0.1) is 11.8 Å². The van der Waals surface area contributed by atoms with E-state index in [2.05, 4.69) is 96.2 Å². The van der Waals surface area contributed by atoms with Gasteiger partial charge in [0.25, 0.3) is 0 Å². The van der Waals surface area contributed by atoms with Crippen molar-refractivity contribution in [1.82, 2.24) is 9.88 Å². The van der Waals surface area contributed by atoms with Crippen LogP contribution < -0.4 is 0 Å². The monoisotopic (exact) mass is 456 g/mol. The molecule has 1 aromatic carbocycles. The Kier molecular flexibility index (Phi) is 8.53. The second-order valence-electron chi connectivity index (χ2n) is 8.51. The minimum absolute atomic E-state index is 0.339. The van der Waals surface area contributed by atoms with E-state index >= 15 is 0 Å². The molecule has 2 aliphatic rings. The highest BCUT2D eigenvalue weighted by atomic mass is 32.2. The maximum Gasteiger partial charge on any atom is 0.100 e. The summed E-state index contributed by atoms with van der Waals surface area (Å²) in [6, 6.07) is 15.1. The number of hydrogen-bond donors (Lipinski definition) is 0. The Morgan fingerprint density at radius 2 is 2.03 bits per heavy atom. The van der Waals surface area contributed by atoms with Crippen LogP contribution >= 0.6 is 11.8 Å². The zero-order valence-electron chi connectivity index (χ0n) is 19.3. The third kappa shape index (κ3) is 6.91. The summed E-state index contributed by atoms with van der Waals surface area (Å²) in [5.74, 6) is 0.862. The fraction of sp³-hybridized carbons (Fsp3) is 0.276. The fourth-order valence-corrected chi connectivity index (χ4v) is 5.01. The van der Waals surface area contributed by atoms with E-state index in [-0.39, 0.29) is 0 Å². The molecular formula is C29H32N2OS. The molecule has 1 unspecified atom stereocenters. The summed E-state index contributed by atoms with van der Waals surface area (Å²) in [7, 11) is 0. The van der Waals surface area contributed by atoms with Crippen LogP contribution in [0.25, 0.3) is 5.57 Å². The Balaban J connectivity index is 1.54. The molecule has 4 rings (SSSR count). The van der Waals surface area contributed by atoms with Crippen LogP contribution in [-0.4, -0.2) is 35.0 Å². The SMILES string of the molecule is C=C1/C=C(/CSC2=CC=CCC=C2)c2cccnc2COCN(C(C)Cc2ccccc2)C1. The first-order valence-corrected chi connectivity index (χ1v) is 12.5. The maximum absolute atomic E-state index is 6.17. The predicted molar refractivity (Wildman–Crippen MR) is 141 cm³/mol. The van der Waals surface area contributed by atoms with Gasteiger partial charge in [0, 0.05) is 35.0 Å². The number of fused-ring (bicyclic) bond motifs is 1. The van der Waals surface area contributed by atoms with Crippen molar-refractivity contribution in [2.24, 2.45) is 0 Å². The second kappa shape index (κ2) is 12.0. The van der Waals surface area contributed by atoms with E-state index in [0.29, 0.717) is 19.4 Å². The lowest BCUT2D eigenvalue weighted by Crippen LogP contribution is -2.38. The average Bonchev–Trinajstić information content (AvgIpc) is 3.11. The van der Waals surface area contributed by atoms with Gasteiger partial charge in [-0.25, -0.2) is 0 Å². The van der Waals surface area contributed by atoms with Gasteiger partial charge in [-0.3, -0.25) is 9.88 Å². The number of rotatable bonds is 6. The van der Waals surface area contributed by atoms with Gasteiger partial charge in [0.15, 0.2) is 0 Å². The zero-order chi connectivity index (χ0) is 22.9. The van der Waals surface area contributed by atoms with Gasteiger partial charge >= 0.3 is 0 Å². The Labute approximate surface area is 202 Å². The summed E-state index contributed by atoms with van der Waals surface area (Å²) in [4.78, 5) is 8.29. The Bertz CT molecular complexity index is 1070. The molecule has 1 aromatic heterocycles. The molecular weight excluding hydrogens is 424 g/mol. The molecule has 0 radical (unpaired) electrons. The van der Waals surface area contributed by atoms with Crippen molar-refractivity contribution in [2.75, 3.05) is 19.0 Å². The van der Waals surface area contributed by atoms with Crippen molar-refractivity contribution >= 4 is 17.3 Å². The molecule has 0 saturated heterocycles. The van der Waals surface area contributed by atoms with Gasteiger partial charge in [0.1, 0.15) is 6.73 Å².